The van der Waals surface area contributed by atoms with Crippen molar-refractivity contribution >= 4 is 58.6 Å². The largest absolute Gasteiger partial charge is 0.369 e. The van der Waals surface area contributed by atoms with Crippen LogP contribution in [-0.4, -0.2) is 52.0 Å². The lowest BCUT2D eigenvalue weighted by atomic mass is 10.0. The van der Waals surface area contributed by atoms with Gasteiger partial charge in [0.1, 0.15) is 0 Å². The number of ketones is 1. The molecule has 1 heterocycles. The van der Waals surface area contributed by atoms with Gasteiger partial charge in [0, 0.05) is 24.7 Å². The average molecular weight is 480 g/mol. The van der Waals surface area contributed by atoms with Gasteiger partial charge in [0.2, 0.25) is 0 Å². The van der Waals surface area contributed by atoms with Crippen LogP contribution in [0.4, 0.5) is 5.82 Å². The molecule has 0 saturated heterocycles. The van der Waals surface area contributed by atoms with Crippen LogP contribution in [0.25, 0.3) is 0 Å². The molecule has 2 N–H and O–H groups in total. The van der Waals surface area contributed by atoms with E-state index >= 15 is 0 Å². The molecule has 1 aromatic heterocycles. The molecule has 2 aromatic carbocycles. The van der Waals surface area contributed by atoms with Crippen LogP contribution < -0.4 is 5.73 Å². The molecule has 0 radical (unpaired) electrons. The molecule has 0 fully saturated rings. The van der Waals surface area contributed by atoms with E-state index in [-0.39, 0.29) is 39.4 Å². The maximum atomic E-state index is 12.8. The number of primary amides is 1. The fraction of sp³-hybridized carbons (Fsp3) is 0.150. The summed E-state index contributed by atoms with van der Waals surface area (Å²) >= 11 is 18.7. The lowest BCUT2D eigenvalue weighted by Gasteiger charge is -2.11. The van der Waals surface area contributed by atoms with E-state index in [2.05, 4.69) is 15.3 Å². The van der Waals surface area contributed by atoms with Crippen LogP contribution in [0.15, 0.2) is 41.4 Å². The third-order valence-corrected chi connectivity index (χ3v) is 4.97. The quantitative estimate of drug-likeness (QED) is 0.315. The number of aliphatic imine (C=N–C) groups is 1. The second-order valence-corrected chi connectivity index (χ2v) is 8.01. The van der Waals surface area contributed by atoms with Crippen LogP contribution >= 0.6 is 34.8 Å². The molecular formula is C20H17Cl3N6O2. The van der Waals surface area contributed by atoms with Gasteiger partial charge in [-0.25, -0.2) is 9.67 Å². The Morgan fingerprint density at radius 2 is 1.74 bits per heavy atom. The lowest BCUT2D eigenvalue weighted by molar-refractivity contribution is 0.0994. The fourth-order valence-electron chi connectivity index (χ4n) is 2.72. The maximum Gasteiger partial charge on any atom is 0.273 e. The molecule has 8 nitrogen and oxygen atoms in total. The summed E-state index contributed by atoms with van der Waals surface area (Å²) in [4.78, 5) is 30.4. The van der Waals surface area contributed by atoms with Crippen molar-refractivity contribution in [2.24, 2.45) is 10.7 Å². The predicted octanol–water partition coefficient (Wildman–Crippen LogP) is 3.84. The zero-order chi connectivity index (χ0) is 22.7. The van der Waals surface area contributed by atoms with Crippen molar-refractivity contribution in [3.05, 3.63) is 73.9 Å². The highest BCUT2D eigenvalue weighted by molar-refractivity contribution is 6.41. The number of hydrogen-bond acceptors (Lipinski definition) is 5. The Morgan fingerprint density at radius 1 is 1.13 bits per heavy atom. The summed E-state index contributed by atoms with van der Waals surface area (Å²) < 4.78 is 1.39. The summed E-state index contributed by atoms with van der Waals surface area (Å²) in [6.07, 6.45) is 1.50. The van der Waals surface area contributed by atoms with E-state index in [0.29, 0.717) is 16.1 Å². The minimum Gasteiger partial charge on any atom is -0.369 e. The highest BCUT2D eigenvalue weighted by Gasteiger charge is 2.20. The van der Waals surface area contributed by atoms with Gasteiger partial charge in [0.15, 0.2) is 17.3 Å². The molecule has 3 rings (SSSR count). The molecule has 160 valence electrons. The van der Waals surface area contributed by atoms with Gasteiger partial charge in [-0.3, -0.25) is 9.59 Å². The third-order valence-electron chi connectivity index (χ3n) is 4.12. The maximum absolute atomic E-state index is 12.8. The first kappa shape index (κ1) is 22.7. The Bertz CT molecular complexity index is 1150. The van der Waals surface area contributed by atoms with Crippen LogP contribution in [0.3, 0.4) is 0 Å². The van der Waals surface area contributed by atoms with E-state index in [9.17, 15) is 9.59 Å². The topological polar surface area (TPSA) is 106 Å². The van der Waals surface area contributed by atoms with Crippen molar-refractivity contribution in [3.63, 3.8) is 0 Å². The number of hydrogen-bond donors (Lipinski definition) is 1. The van der Waals surface area contributed by atoms with Crippen LogP contribution in [0, 0.1) is 0 Å². The first-order valence-electron chi connectivity index (χ1n) is 8.89. The Kier molecular flexibility index (Phi) is 6.94. The van der Waals surface area contributed by atoms with Gasteiger partial charge in [0.25, 0.3) is 5.91 Å². The Morgan fingerprint density at radius 3 is 2.29 bits per heavy atom. The normalized spacial score (nSPS) is 11.1. The Labute approximate surface area is 193 Å². The first-order valence-corrected chi connectivity index (χ1v) is 10.0. The number of nitrogens with two attached hydrogens (primary N) is 1. The van der Waals surface area contributed by atoms with Crippen molar-refractivity contribution in [1.82, 2.24) is 19.9 Å². The van der Waals surface area contributed by atoms with Crippen LogP contribution in [-0.2, 0) is 6.54 Å². The summed E-state index contributed by atoms with van der Waals surface area (Å²) in [6.45, 7) is 0.148. The van der Waals surface area contributed by atoms with Crippen molar-refractivity contribution in [2.45, 2.75) is 6.54 Å². The SMILES string of the molecule is CN(C)C=Nc1c(C(N)=O)nnn1Cc1cc(Cl)c(C(=O)c2ccc(Cl)cc2)c(Cl)c1. The summed E-state index contributed by atoms with van der Waals surface area (Å²) in [5.41, 5.74) is 6.51. The minimum absolute atomic E-state index is 0.0650. The van der Waals surface area contributed by atoms with Gasteiger partial charge in [-0.15, -0.1) is 5.10 Å². The molecule has 0 saturated carbocycles. The van der Waals surface area contributed by atoms with E-state index < -0.39 is 5.91 Å². The number of halogens is 3. The molecular weight excluding hydrogens is 463 g/mol. The summed E-state index contributed by atoms with van der Waals surface area (Å²) in [5.74, 6) is -0.891. The number of nitrogens with zero attached hydrogens (tertiary/aromatic N) is 5. The summed E-state index contributed by atoms with van der Waals surface area (Å²) in [5, 5.41) is 8.62. The number of benzene rings is 2. The molecule has 0 spiro atoms. The average Bonchev–Trinajstić information content (AvgIpc) is 3.09. The van der Waals surface area contributed by atoms with Gasteiger partial charge in [-0.1, -0.05) is 40.0 Å². The van der Waals surface area contributed by atoms with Gasteiger partial charge in [-0.05, 0) is 42.0 Å². The zero-order valence-corrected chi connectivity index (χ0v) is 18.8. The van der Waals surface area contributed by atoms with Crippen LogP contribution in [0.2, 0.25) is 15.1 Å². The first-order chi connectivity index (χ1) is 14.7. The van der Waals surface area contributed by atoms with Crippen LogP contribution in [0.1, 0.15) is 32.0 Å². The third kappa shape index (κ3) is 5.22. The van der Waals surface area contributed by atoms with E-state index in [4.69, 9.17) is 40.5 Å². The molecule has 0 aliphatic heterocycles. The van der Waals surface area contributed by atoms with Gasteiger partial charge >= 0.3 is 0 Å². The number of amides is 1. The molecule has 31 heavy (non-hydrogen) atoms. The molecule has 3 aromatic rings. The zero-order valence-electron chi connectivity index (χ0n) is 16.5. The number of carbonyl (C=O) groups excluding carboxylic acids is 2. The van der Waals surface area contributed by atoms with Crippen molar-refractivity contribution in [1.29, 1.82) is 0 Å². The van der Waals surface area contributed by atoms with Gasteiger partial charge in [-0.2, -0.15) is 0 Å². The lowest BCUT2D eigenvalue weighted by Crippen LogP contribution is -2.13. The molecule has 0 aliphatic carbocycles. The standard InChI is InChI=1S/C20H17Cl3N6O2/c1-28(2)10-25-20-17(19(24)31)26-27-29(20)9-11-7-14(22)16(15(23)8-11)18(30)12-3-5-13(21)6-4-12/h3-8,10H,9H2,1-2H3,(H2,24,31). The van der Waals surface area contributed by atoms with E-state index in [1.54, 1.807) is 55.4 Å². The summed E-state index contributed by atoms with van der Waals surface area (Å²) in [6, 6.07) is 9.62. The van der Waals surface area contributed by atoms with E-state index in [1.165, 1.54) is 11.0 Å². The summed E-state index contributed by atoms with van der Waals surface area (Å²) in [7, 11) is 3.55. The minimum atomic E-state index is -0.753. The van der Waals surface area contributed by atoms with Crippen LogP contribution in [0.5, 0.6) is 0 Å². The number of rotatable bonds is 7. The van der Waals surface area contributed by atoms with Gasteiger partial charge < -0.3 is 10.6 Å². The Hall–Kier alpha value is -2.94. The second-order valence-electron chi connectivity index (χ2n) is 6.76. The molecule has 0 bridgehead atoms. The highest BCUT2D eigenvalue weighted by Crippen LogP contribution is 2.30. The predicted molar refractivity (Wildman–Crippen MR) is 121 cm³/mol. The number of carbonyl (C=O) groups is 2. The van der Waals surface area contributed by atoms with Crippen molar-refractivity contribution in [3.8, 4) is 0 Å². The van der Waals surface area contributed by atoms with Crippen molar-refractivity contribution in [2.75, 3.05) is 14.1 Å². The smallest absolute Gasteiger partial charge is 0.273 e. The molecule has 11 heteroatoms. The molecule has 0 unspecified atom stereocenters. The van der Waals surface area contributed by atoms with Gasteiger partial charge in [0.05, 0.1) is 28.5 Å². The number of aromatic nitrogens is 3. The molecule has 1 amide bonds. The fourth-order valence-corrected chi connectivity index (χ4v) is 3.55. The molecule has 0 atom stereocenters. The molecule has 0 aliphatic rings. The van der Waals surface area contributed by atoms with E-state index in [0.717, 1.165) is 0 Å². The Balaban J connectivity index is 1.95. The van der Waals surface area contributed by atoms with Crippen molar-refractivity contribution < 1.29 is 9.59 Å². The highest BCUT2D eigenvalue weighted by atomic mass is 35.5. The second kappa shape index (κ2) is 9.47. The van der Waals surface area contributed by atoms with E-state index in [1.807, 2.05) is 0 Å². The monoisotopic (exact) mass is 478 g/mol.